The third-order valence-corrected chi connectivity index (χ3v) is 3.25. The number of hydrogen-bond acceptors (Lipinski definition) is 5. The molecule has 0 saturated carbocycles. The molecular weight excluding hydrogens is 236 g/mol. The maximum atomic E-state index is 5.96. The Labute approximate surface area is 106 Å². The van der Waals surface area contributed by atoms with Gasteiger partial charge in [-0.3, -0.25) is 0 Å². The molecule has 4 nitrogen and oxygen atoms in total. The van der Waals surface area contributed by atoms with E-state index in [-0.39, 0.29) is 0 Å². The second-order valence-electron chi connectivity index (χ2n) is 3.86. The Bertz CT molecular complexity index is 385. The molecule has 0 atom stereocenters. The number of nitrogens with two attached hydrogens (primary N) is 1. The zero-order valence-electron chi connectivity index (χ0n) is 9.99. The van der Waals surface area contributed by atoms with Gasteiger partial charge >= 0.3 is 0 Å². The minimum Gasteiger partial charge on any atom is -0.486 e. The van der Waals surface area contributed by atoms with Gasteiger partial charge in [-0.25, -0.2) is 0 Å². The van der Waals surface area contributed by atoms with Gasteiger partial charge in [0.1, 0.15) is 13.2 Å². The van der Waals surface area contributed by atoms with Crippen LogP contribution in [0, 0.1) is 0 Å². The summed E-state index contributed by atoms with van der Waals surface area (Å²) in [6.07, 6.45) is 3.23. The molecule has 0 bridgehead atoms. The van der Waals surface area contributed by atoms with Gasteiger partial charge in [0, 0.05) is 18.7 Å². The summed E-state index contributed by atoms with van der Waals surface area (Å²) in [5, 5.41) is 3.32. The summed E-state index contributed by atoms with van der Waals surface area (Å²) in [4.78, 5) is 0. The van der Waals surface area contributed by atoms with E-state index < -0.39 is 0 Å². The maximum absolute atomic E-state index is 5.96. The highest BCUT2D eigenvalue weighted by atomic mass is 32.2. The molecule has 17 heavy (non-hydrogen) atoms. The first-order valence-corrected chi connectivity index (χ1v) is 7.12. The van der Waals surface area contributed by atoms with Gasteiger partial charge in [0.15, 0.2) is 11.5 Å². The number of thioether (sulfide) groups is 1. The van der Waals surface area contributed by atoms with E-state index in [1.165, 1.54) is 0 Å². The lowest BCUT2D eigenvalue weighted by molar-refractivity contribution is 0.172. The minimum absolute atomic E-state index is 0.590. The zero-order valence-corrected chi connectivity index (χ0v) is 10.8. The molecule has 1 aliphatic heterocycles. The number of ether oxygens (including phenoxy) is 2. The Kier molecular flexibility index (Phi) is 4.25. The van der Waals surface area contributed by atoms with Crippen LogP contribution in [0.4, 0.5) is 11.4 Å². The zero-order chi connectivity index (χ0) is 12.1. The first-order chi connectivity index (χ1) is 8.31. The van der Waals surface area contributed by atoms with Crippen molar-refractivity contribution >= 4 is 23.1 Å². The van der Waals surface area contributed by atoms with E-state index in [0.717, 1.165) is 35.9 Å². The molecule has 2 rings (SSSR count). The van der Waals surface area contributed by atoms with Crippen LogP contribution < -0.4 is 20.5 Å². The molecule has 0 fully saturated rings. The average molecular weight is 254 g/mol. The summed E-state index contributed by atoms with van der Waals surface area (Å²) in [7, 11) is 0. The van der Waals surface area contributed by atoms with Crippen LogP contribution >= 0.6 is 11.8 Å². The van der Waals surface area contributed by atoms with E-state index >= 15 is 0 Å². The summed E-state index contributed by atoms with van der Waals surface area (Å²) in [6, 6.07) is 3.74. The first kappa shape index (κ1) is 12.2. The third-order valence-electron chi connectivity index (χ3n) is 2.56. The molecule has 3 N–H and O–H groups in total. The Morgan fingerprint density at radius 1 is 1.29 bits per heavy atom. The second kappa shape index (κ2) is 5.91. The number of anilines is 2. The monoisotopic (exact) mass is 254 g/mol. The van der Waals surface area contributed by atoms with E-state index in [1.54, 1.807) is 0 Å². The average Bonchev–Trinajstić information content (AvgIpc) is 2.35. The molecule has 1 aromatic rings. The number of rotatable bonds is 5. The van der Waals surface area contributed by atoms with Crippen molar-refractivity contribution in [1.82, 2.24) is 0 Å². The van der Waals surface area contributed by atoms with Gasteiger partial charge in [-0.15, -0.1) is 0 Å². The number of fused-ring (bicyclic) bond motifs is 1. The van der Waals surface area contributed by atoms with Crippen molar-refractivity contribution in [2.75, 3.05) is 42.8 Å². The van der Waals surface area contributed by atoms with E-state index in [9.17, 15) is 0 Å². The highest BCUT2D eigenvalue weighted by Crippen LogP contribution is 2.36. The standard InChI is InChI=1S/C12H18N2O2S/c1-17-6-2-3-14-10-8-12-11(7-9(10)13)15-4-5-16-12/h7-8,14H,2-6,13H2,1H3. The highest BCUT2D eigenvalue weighted by molar-refractivity contribution is 7.98. The normalized spacial score (nSPS) is 13.5. The molecule has 0 saturated heterocycles. The fourth-order valence-corrected chi connectivity index (χ4v) is 2.13. The number of nitrogens with one attached hydrogen (secondary N) is 1. The molecule has 1 aromatic carbocycles. The van der Waals surface area contributed by atoms with Crippen molar-refractivity contribution in [3.63, 3.8) is 0 Å². The van der Waals surface area contributed by atoms with Crippen LogP contribution in [0.15, 0.2) is 12.1 Å². The molecule has 0 radical (unpaired) electrons. The summed E-state index contributed by atoms with van der Waals surface area (Å²) in [5.74, 6) is 2.67. The topological polar surface area (TPSA) is 56.5 Å². The van der Waals surface area contributed by atoms with Crippen LogP contribution in [0.5, 0.6) is 11.5 Å². The van der Waals surface area contributed by atoms with E-state index in [0.29, 0.717) is 18.9 Å². The van der Waals surface area contributed by atoms with Gasteiger partial charge in [0.25, 0.3) is 0 Å². The summed E-state index contributed by atoms with van der Waals surface area (Å²) >= 11 is 1.85. The first-order valence-electron chi connectivity index (χ1n) is 5.73. The van der Waals surface area contributed by atoms with Crippen LogP contribution in [0.2, 0.25) is 0 Å². The molecular formula is C12H18N2O2S. The quantitative estimate of drug-likeness (QED) is 0.623. The van der Waals surface area contributed by atoms with Gasteiger partial charge in [-0.05, 0) is 18.4 Å². The van der Waals surface area contributed by atoms with Crippen molar-refractivity contribution in [3.8, 4) is 11.5 Å². The van der Waals surface area contributed by atoms with Crippen LogP contribution in [-0.4, -0.2) is 31.8 Å². The Morgan fingerprint density at radius 2 is 2.00 bits per heavy atom. The van der Waals surface area contributed by atoms with Crippen LogP contribution in [0.3, 0.4) is 0 Å². The smallest absolute Gasteiger partial charge is 0.163 e. The second-order valence-corrected chi connectivity index (χ2v) is 4.84. The molecule has 0 unspecified atom stereocenters. The number of nitrogen functional groups attached to an aromatic ring is 1. The van der Waals surface area contributed by atoms with Crippen LogP contribution in [0.1, 0.15) is 6.42 Å². The van der Waals surface area contributed by atoms with Crippen molar-refractivity contribution in [1.29, 1.82) is 0 Å². The SMILES string of the molecule is CSCCCNc1cc2c(cc1N)OCCO2. The van der Waals surface area contributed by atoms with Gasteiger partial charge < -0.3 is 20.5 Å². The fourth-order valence-electron chi connectivity index (χ4n) is 1.70. The molecule has 5 heteroatoms. The summed E-state index contributed by atoms with van der Waals surface area (Å²) in [6.45, 7) is 2.11. The molecule has 1 aliphatic rings. The lowest BCUT2D eigenvalue weighted by Gasteiger charge is -2.20. The minimum atomic E-state index is 0.590. The van der Waals surface area contributed by atoms with E-state index in [4.69, 9.17) is 15.2 Å². The third kappa shape index (κ3) is 3.12. The Morgan fingerprint density at radius 3 is 2.71 bits per heavy atom. The van der Waals surface area contributed by atoms with Gasteiger partial charge in [-0.2, -0.15) is 11.8 Å². The highest BCUT2D eigenvalue weighted by Gasteiger charge is 2.14. The Balaban J connectivity index is 2.01. The van der Waals surface area contributed by atoms with Gasteiger partial charge in [-0.1, -0.05) is 0 Å². The van der Waals surface area contributed by atoms with Crippen molar-refractivity contribution in [2.24, 2.45) is 0 Å². The van der Waals surface area contributed by atoms with Crippen molar-refractivity contribution in [3.05, 3.63) is 12.1 Å². The van der Waals surface area contributed by atoms with Crippen molar-refractivity contribution < 1.29 is 9.47 Å². The predicted molar refractivity (Wildman–Crippen MR) is 73.3 cm³/mol. The Hall–Kier alpha value is -1.23. The van der Waals surface area contributed by atoms with Crippen molar-refractivity contribution in [2.45, 2.75) is 6.42 Å². The molecule has 0 aromatic heterocycles. The lowest BCUT2D eigenvalue weighted by atomic mass is 10.2. The lowest BCUT2D eigenvalue weighted by Crippen LogP contribution is -2.16. The van der Waals surface area contributed by atoms with Crippen LogP contribution in [-0.2, 0) is 0 Å². The molecule has 0 aliphatic carbocycles. The number of benzene rings is 1. The van der Waals surface area contributed by atoms with E-state index in [1.807, 2.05) is 23.9 Å². The number of hydrogen-bond donors (Lipinski definition) is 2. The predicted octanol–water partition coefficient (Wildman–Crippen LogP) is 2.21. The molecule has 0 spiro atoms. The fraction of sp³-hybridized carbons (Fsp3) is 0.500. The largest absolute Gasteiger partial charge is 0.486 e. The van der Waals surface area contributed by atoms with E-state index in [2.05, 4.69) is 11.6 Å². The summed E-state index contributed by atoms with van der Waals surface area (Å²) in [5.41, 5.74) is 7.59. The molecule has 0 amide bonds. The molecule has 1 heterocycles. The maximum Gasteiger partial charge on any atom is 0.163 e. The van der Waals surface area contributed by atoms with Crippen LogP contribution in [0.25, 0.3) is 0 Å². The van der Waals surface area contributed by atoms with Gasteiger partial charge in [0.05, 0.1) is 11.4 Å². The molecule has 94 valence electrons. The summed E-state index contributed by atoms with van der Waals surface area (Å²) < 4.78 is 11.0. The van der Waals surface area contributed by atoms with Gasteiger partial charge in [0.2, 0.25) is 0 Å².